The smallest absolute Gasteiger partial charge is 0.170 e. The molecule has 0 bridgehead atoms. The summed E-state index contributed by atoms with van der Waals surface area (Å²) in [7, 11) is 0. The lowest BCUT2D eigenvalue weighted by molar-refractivity contribution is 0.283. The Morgan fingerprint density at radius 3 is 2.69 bits per heavy atom. The summed E-state index contributed by atoms with van der Waals surface area (Å²) in [6.45, 7) is 0.733. The maximum absolute atomic E-state index is 5.57. The molecule has 0 spiro atoms. The molecule has 1 unspecified atom stereocenters. The summed E-state index contributed by atoms with van der Waals surface area (Å²) in [6, 6.07) is 7.58. The molecule has 1 saturated heterocycles. The molecule has 2 heterocycles. The number of epoxide rings is 1. The topological polar surface area (TPSA) is 31.0 Å². The average molecular weight is 176 g/mol. The van der Waals surface area contributed by atoms with Gasteiger partial charge in [-0.3, -0.25) is 0 Å². The first-order chi connectivity index (χ1) is 6.43. The van der Waals surface area contributed by atoms with Crippen LogP contribution in [0.5, 0.6) is 11.5 Å². The first kappa shape index (κ1) is 6.97. The minimum atomic E-state index is 0.105. The van der Waals surface area contributed by atoms with Crippen molar-refractivity contribution < 1.29 is 14.2 Å². The molecule has 3 rings (SSSR count). The lowest BCUT2D eigenvalue weighted by Crippen LogP contribution is -2.09. The van der Waals surface area contributed by atoms with E-state index in [-0.39, 0.29) is 6.10 Å². The molecule has 0 amide bonds. The van der Waals surface area contributed by atoms with Gasteiger partial charge in [0.15, 0.2) is 17.3 Å². The van der Waals surface area contributed by atoms with Gasteiger partial charge in [0.1, 0.15) is 12.4 Å². The summed E-state index contributed by atoms with van der Waals surface area (Å²) in [4.78, 5) is 0. The van der Waals surface area contributed by atoms with E-state index in [2.05, 4.69) is 0 Å². The number of hydrogen-bond donors (Lipinski definition) is 0. The zero-order valence-corrected chi connectivity index (χ0v) is 6.90. The van der Waals surface area contributed by atoms with Crippen LogP contribution in [0.25, 0.3) is 0 Å². The maximum atomic E-state index is 5.57. The fraction of sp³-hybridized carbons (Fsp3) is 0.200. The van der Waals surface area contributed by atoms with E-state index in [9.17, 15) is 0 Å². The van der Waals surface area contributed by atoms with Crippen molar-refractivity contribution >= 4 is 0 Å². The fourth-order valence-electron chi connectivity index (χ4n) is 1.26. The third-order valence-electron chi connectivity index (χ3n) is 2.03. The van der Waals surface area contributed by atoms with E-state index in [4.69, 9.17) is 14.2 Å². The average Bonchev–Trinajstić information content (AvgIpc) is 3.00. The molecule has 0 radical (unpaired) electrons. The molecule has 3 nitrogen and oxygen atoms in total. The molecule has 0 aromatic heterocycles. The summed E-state index contributed by atoms with van der Waals surface area (Å²) in [5.74, 6) is 2.28. The highest BCUT2D eigenvalue weighted by Crippen LogP contribution is 2.34. The monoisotopic (exact) mass is 176 g/mol. The number of rotatable bonds is 1. The van der Waals surface area contributed by atoms with Crippen LogP contribution in [0.1, 0.15) is 0 Å². The minimum Gasteiger partial charge on any atom is -0.457 e. The van der Waals surface area contributed by atoms with Crippen LogP contribution in [0.4, 0.5) is 0 Å². The molecule has 2 aliphatic heterocycles. The van der Waals surface area contributed by atoms with Crippen LogP contribution < -0.4 is 9.47 Å². The Kier molecular flexibility index (Phi) is 1.34. The Labute approximate surface area is 75.5 Å². The van der Waals surface area contributed by atoms with Gasteiger partial charge in [0, 0.05) is 0 Å². The second-order valence-corrected chi connectivity index (χ2v) is 3.01. The predicted molar refractivity (Wildman–Crippen MR) is 45.5 cm³/mol. The Morgan fingerprint density at radius 1 is 1.15 bits per heavy atom. The summed E-state index contributed by atoms with van der Waals surface area (Å²) in [5.41, 5.74) is 0. The Balaban J connectivity index is 1.92. The van der Waals surface area contributed by atoms with E-state index in [1.54, 1.807) is 6.26 Å². The first-order valence-electron chi connectivity index (χ1n) is 4.19. The standard InChI is InChI=1S/C10H8O3/c1-2-4-8-7(3-1)11-6-10(13-8)9-5-12-9/h1-4,6,9H,5H2. The number of fused-ring (bicyclic) bond motifs is 1. The van der Waals surface area contributed by atoms with Gasteiger partial charge in [0.25, 0.3) is 0 Å². The van der Waals surface area contributed by atoms with E-state index < -0.39 is 0 Å². The van der Waals surface area contributed by atoms with Crippen molar-refractivity contribution in [1.82, 2.24) is 0 Å². The second-order valence-electron chi connectivity index (χ2n) is 3.01. The number of hydrogen-bond acceptors (Lipinski definition) is 3. The zero-order valence-electron chi connectivity index (χ0n) is 6.90. The van der Waals surface area contributed by atoms with Gasteiger partial charge in [-0.1, -0.05) is 12.1 Å². The Bertz CT molecular complexity index is 366. The van der Waals surface area contributed by atoms with Crippen molar-refractivity contribution in [3.8, 4) is 11.5 Å². The molecule has 13 heavy (non-hydrogen) atoms. The van der Waals surface area contributed by atoms with Crippen LogP contribution in [0.15, 0.2) is 36.3 Å². The highest BCUT2D eigenvalue weighted by atomic mass is 16.6. The molecular formula is C10H8O3. The van der Waals surface area contributed by atoms with E-state index in [0.29, 0.717) is 0 Å². The maximum Gasteiger partial charge on any atom is 0.170 e. The van der Waals surface area contributed by atoms with Crippen LogP contribution >= 0.6 is 0 Å². The predicted octanol–water partition coefficient (Wildman–Crippen LogP) is 1.70. The lowest BCUT2D eigenvalue weighted by atomic mass is 10.3. The number of benzene rings is 1. The van der Waals surface area contributed by atoms with Gasteiger partial charge in [-0.05, 0) is 12.1 Å². The zero-order chi connectivity index (χ0) is 8.67. The second kappa shape index (κ2) is 2.50. The van der Waals surface area contributed by atoms with E-state index in [1.807, 2.05) is 24.3 Å². The molecule has 1 fully saturated rings. The van der Waals surface area contributed by atoms with Crippen LogP contribution in [-0.2, 0) is 4.74 Å². The van der Waals surface area contributed by atoms with Crippen molar-refractivity contribution in [1.29, 1.82) is 0 Å². The van der Waals surface area contributed by atoms with E-state index >= 15 is 0 Å². The first-order valence-corrected chi connectivity index (χ1v) is 4.19. The number of ether oxygens (including phenoxy) is 3. The van der Waals surface area contributed by atoms with Gasteiger partial charge in [0.2, 0.25) is 0 Å². The van der Waals surface area contributed by atoms with Gasteiger partial charge in [-0.25, -0.2) is 0 Å². The van der Waals surface area contributed by atoms with Gasteiger partial charge >= 0.3 is 0 Å². The van der Waals surface area contributed by atoms with Crippen LogP contribution in [0.2, 0.25) is 0 Å². The summed E-state index contributed by atoms with van der Waals surface area (Å²) < 4.78 is 16.0. The highest BCUT2D eigenvalue weighted by Gasteiger charge is 2.32. The lowest BCUT2D eigenvalue weighted by Gasteiger charge is -2.16. The third-order valence-corrected chi connectivity index (χ3v) is 2.03. The van der Waals surface area contributed by atoms with Crippen molar-refractivity contribution in [2.75, 3.05) is 6.61 Å². The summed E-state index contributed by atoms with van der Waals surface area (Å²) in [6.07, 6.45) is 1.72. The Morgan fingerprint density at radius 2 is 1.92 bits per heavy atom. The molecule has 0 aliphatic carbocycles. The molecule has 66 valence electrons. The third kappa shape index (κ3) is 1.17. The van der Waals surface area contributed by atoms with Gasteiger partial charge in [-0.15, -0.1) is 0 Å². The Hall–Kier alpha value is -1.48. The van der Waals surface area contributed by atoms with Gasteiger partial charge < -0.3 is 14.2 Å². The molecule has 3 heteroatoms. The largest absolute Gasteiger partial charge is 0.457 e. The molecule has 1 aromatic rings. The highest BCUT2D eigenvalue weighted by molar-refractivity contribution is 5.43. The molecule has 1 atom stereocenters. The molecule has 2 aliphatic rings. The normalized spacial score (nSPS) is 23.7. The van der Waals surface area contributed by atoms with Gasteiger partial charge in [0.05, 0.1) is 6.61 Å². The van der Waals surface area contributed by atoms with E-state index in [0.717, 1.165) is 23.9 Å². The molecular weight excluding hydrogens is 168 g/mol. The van der Waals surface area contributed by atoms with Crippen molar-refractivity contribution in [2.45, 2.75) is 6.10 Å². The quantitative estimate of drug-likeness (QED) is 0.610. The van der Waals surface area contributed by atoms with Crippen molar-refractivity contribution in [2.24, 2.45) is 0 Å². The molecule has 0 N–H and O–H groups in total. The number of para-hydroxylation sites is 2. The minimum absolute atomic E-state index is 0.105. The van der Waals surface area contributed by atoms with Crippen molar-refractivity contribution in [3.63, 3.8) is 0 Å². The summed E-state index contributed by atoms with van der Waals surface area (Å²) >= 11 is 0. The molecule has 1 aromatic carbocycles. The van der Waals surface area contributed by atoms with Crippen molar-refractivity contribution in [3.05, 3.63) is 36.3 Å². The SMILES string of the molecule is C1=C(C2CO2)Oc2ccccc2O1. The molecule has 0 saturated carbocycles. The van der Waals surface area contributed by atoms with Gasteiger partial charge in [-0.2, -0.15) is 0 Å². The van der Waals surface area contributed by atoms with Crippen LogP contribution in [0, 0.1) is 0 Å². The fourth-order valence-corrected chi connectivity index (χ4v) is 1.26. The van der Waals surface area contributed by atoms with Crippen LogP contribution in [0.3, 0.4) is 0 Å². The summed E-state index contributed by atoms with van der Waals surface area (Å²) in [5, 5.41) is 0. The van der Waals surface area contributed by atoms with Crippen LogP contribution in [-0.4, -0.2) is 12.7 Å². The van der Waals surface area contributed by atoms with E-state index in [1.165, 1.54) is 0 Å².